The number of amides is 1. The Morgan fingerprint density at radius 1 is 1.38 bits per heavy atom. The van der Waals surface area contributed by atoms with Crippen LogP contribution in [0.3, 0.4) is 0 Å². The molecule has 0 saturated carbocycles. The topological polar surface area (TPSA) is 92.1 Å². The van der Waals surface area contributed by atoms with E-state index in [-0.39, 0.29) is 12.3 Å². The van der Waals surface area contributed by atoms with Gasteiger partial charge in [-0.25, -0.2) is 9.78 Å². The number of hydrogen-bond acceptors (Lipinski definition) is 6. The summed E-state index contributed by atoms with van der Waals surface area (Å²) in [4.78, 5) is 26.9. The molecule has 0 fully saturated rings. The van der Waals surface area contributed by atoms with E-state index < -0.39 is 5.97 Å². The van der Waals surface area contributed by atoms with Gasteiger partial charge < -0.3 is 10.1 Å². The Morgan fingerprint density at radius 3 is 2.71 bits per heavy atom. The van der Waals surface area contributed by atoms with Gasteiger partial charge in [0.1, 0.15) is 6.42 Å². The van der Waals surface area contributed by atoms with Gasteiger partial charge in [0.25, 0.3) is 0 Å². The van der Waals surface area contributed by atoms with Crippen molar-refractivity contribution in [1.82, 2.24) is 4.98 Å². The number of methoxy groups -OCH3 is 1. The number of hydrogen-bond donors (Lipinski definition) is 1. The Bertz CT molecular complexity index is 701. The summed E-state index contributed by atoms with van der Waals surface area (Å²) in [5.41, 5.74) is 1.96. The summed E-state index contributed by atoms with van der Waals surface area (Å²) in [5.74, 6) is -0.788. The molecule has 0 aliphatic carbocycles. The first kappa shape index (κ1) is 14.7. The third kappa shape index (κ3) is 3.64. The maximum Gasteiger partial charge on any atom is 0.337 e. The molecule has 0 aliphatic rings. The molecule has 7 heteroatoms. The standard InChI is InChI=1S/C14H11N3O3S/c1-20-13(19)10-4-2-9(3-5-10)11-8-21-14(16-11)17-12(18)6-7-15/h2-5,8H,6H2,1H3,(H,16,17,18). The van der Waals surface area contributed by atoms with Gasteiger partial charge in [0, 0.05) is 10.9 Å². The minimum atomic E-state index is -0.399. The molecule has 1 aromatic carbocycles. The molecule has 0 aliphatic heterocycles. The van der Waals surface area contributed by atoms with Crippen molar-refractivity contribution < 1.29 is 14.3 Å². The number of nitriles is 1. The molecule has 0 unspecified atom stereocenters. The third-order valence-corrected chi connectivity index (χ3v) is 3.35. The largest absolute Gasteiger partial charge is 0.465 e. The second-order valence-corrected chi connectivity index (χ2v) is 4.85. The summed E-state index contributed by atoms with van der Waals surface area (Å²) >= 11 is 1.27. The van der Waals surface area contributed by atoms with Crippen LogP contribution in [0, 0.1) is 11.3 Å². The lowest BCUT2D eigenvalue weighted by molar-refractivity contribution is -0.115. The number of anilines is 1. The lowest BCUT2D eigenvalue weighted by atomic mass is 10.1. The number of thiazole rings is 1. The van der Waals surface area contributed by atoms with Gasteiger partial charge in [-0.15, -0.1) is 11.3 Å². The van der Waals surface area contributed by atoms with Crippen molar-refractivity contribution in [3.63, 3.8) is 0 Å². The van der Waals surface area contributed by atoms with Crippen LogP contribution in [-0.4, -0.2) is 24.0 Å². The van der Waals surface area contributed by atoms with Gasteiger partial charge in [-0.1, -0.05) is 12.1 Å². The summed E-state index contributed by atoms with van der Waals surface area (Å²) in [6.45, 7) is 0. The summed E-state index contributed by atoms with van der Waals surface area (Å²) in [6.07, 6.45) is -0.206. The first-order chi connectivity index (χ1) is 10.1. The number of rotatable bonds is 4. The molecule has 0 saturated heterocycles. The van der Waals surface area contributed by atoms with Crippen molar-refractivity contribution in [2.45, 2.75) is 6.42 Å². The normalized spacial score (nSPS) is 9.71. The number of nitrogens with zero attached hydrogens (tertiary/aromatic N) is 2. The van der Waals surface area contributed by atoms with E-state index in [1.807, 2.05) is 0 Å². The van der Waals surface area contributed by atoms with E-state index in [2.05, 4.69) is 15.0 Å². The predicted octanol–water partition coefficient (Wildman–Crippen LogP) is 2.45. The van der Waals surface area contributed by atoms with Gasteiger partial charge >= 0.3 is 5.97 Å². The highest BCUT2D eigenvalue weighted by Crippen LogP contribution is 2.25. The summed E-state index contributed by atoms with van der Waals surface area (Å²) in [6, 6.07) is 8.57. The maximum atomic E-state index is 11.3. The molecule has 2 rings (SSSR count). The Morgan fingerprint density at radius 2 is 2.10 bits per heavy atom. The van der Waals surface area contributed by atoms with Crippen LogP contribution in [0.4, 0.5) is 5.13 Å². The van der Waals surface area contributed by atoms with Gasteiger partial charge in [0.2, 0.25) is 5.91 Å². The Labute approximate surface area is 125 Å². The molecule has 21 heavy (non-hydrogen) atoms. The van der Waals surface area contributed by atoms with E-state index in [0.717, 1.165) is 5.56 Å². The molecule has 0 radical (unpaired) electrons. The highest BCUT2D eigenvalue weighted by atomic mass is 32.1. The molecular weight excluding hydrogens is 290 g/mol. The highest BCUT2D eigenvalue weighted by Gasteiger charge is 2.09. The van der Waals surface area contributed by atoms with Crippen molar-refractivity contribution in [2.24, 2.45) is 0 Å². The molecule has 2 aromatic rings. The van der Waals surface area contributed by atoms with Crippen LogP contribution in [0.1, 0.15) is 16.8 Å². The first-order valence-corrected chi connectivity index (χ1v) is 6.83. The maximum absolute atomic E-state index is 11.3. The molecule has 1 aromatic heterocycles. The number of benzene rings is 1. The summed E-state index contributed by atoms with van der Waals surface area (Å²) < 4.78 is 4.63. The van der Waals surface area contributed by atoms with Crippen LogP contribution in [0.15, 0.2) is 29.6 Å². The van der Waals surface area contributed by atoms with E-state index >= 15 is 0 Å². The van der Waals surface area contributed by atoms with E-state index in [4.69, 9.17) is 5.26 Å². The predicted molar refractivity (Wildman–Crippen MR) is 77.7 cm³/mol. The Hall–Kier alpha value is -2.72. The Balaban J connectivity index is 2.12. The monoisotopic (exact) mass is 301 g/mol. The van der Waals surface area contributed by atoms with Crippen LogP contribution in [0.5, 0.6) is 0 Å². The van der Waals surface area contributed by atoms with Crippen LogP contribution in [-0.2, 0) is 9.53 Å². The molecule has 1 amide bonds. The second-order valence-electron chi connectivity index (χ2n) is 3.99. The fourth-order valence-corrected chi connectivity index (χ4v) is 2.33. The molecule has 106 valence electrons. The zero-order chi connectivity index (χ0) is 15.2. The molecule has 6 nitrogen and oxygen atoms in total. The zero-order valence-corrected chi connectivity index (χ0v) is 11.9. The van der Waals surface area contributed by atoms with E-state index in [9.17, 15) is 9.59 Å². The van der Waals surface area contributed by atoms with Crippen LogP contribution >= 0.6 is 11.3 Å². The van der Waals surface area contributed by atoms with E-state index in [1.165, 1.54) is 18.4 Å². The minimum absolute atomic E-state index is 0.206. The fraction of sp³-hybridized carbons (Fsp3) is 0.143. The van der Waals surface area contributed by atoms with Crippen molar-refractivity contribution in [3.8, 4) is 17.3 Å². The Kier molecular flexibility index (Phi) is 4.64. The quantitative estimate of drug-likeness (QED) is 0.876. The molecule has 1 heterocycles. The SMILES string of the molecule is COC(=O)c1ccc(-c2csc(NC(=O)CC#N)n2)cc1. The third-order valence-electron chi connectivity index (χ3n) is 2.59. The molecule has 1 N–H and O–H groups in total. The van der Waals surface area contributed by atoms with Gasteiger partial charge in [0.15, 0.2) is 5.13 Å². The summed E-state index contributed by atoms with van der Waals surface area (Å²) in [7, 11) is 1.33. The van der Waals surface area contributed by atoms with E-state index in [0.29, 0.717) is 16.4 Å². The molecule has 0 spiro atoms. The van der Waals surface area contributed by atoms with Crippen LogP contribution in [0.25, 0.3) is 11.3 Å². The fourth-order valence-electron chi connectivity index (χ4n) is 1.59. The lowest BCUT2D eigenvalue weighted by Crippen LogP contribution is -2.09. The van der Waals surface area contributed by atoms with Gasteiger partial charge in [0.05, 0.1) is 24.4 Å². The smallest absolute Gasteiger partial charge is 0.337 e. The minimum Gasteiger partial charge on any atom is -0.465 e. The van der Waals surface area contributed by atoms with Crippen molar-refractivity contribution in [3.05, 3.63) is 35.2 Å². The lowest BCUT2D eigenvalue weighted by Gasteiger charge is -2.00. The van der Waals surface area contributed by atoms with Crippen molar-refractivity contribution in [2.75, 3.05) is 12.4 Å². The van der Waals surface area contributed by atoms with Crippen LogP contribution in [0.2, 0.25) is 0 Å². The second kappa shape index (κ2) is 6.63. The van der Waals surface area contributed by atoms with Crippen molar-refractivity contribution >= 4 is 28.3 Å². The number of ether oxygens (including phenoxy) is 1. The van der Waals surface area contributed by atoms with E-state index in [1.54, 1.807) is 35.7 Å². The number of carbonyl (C=O) groups excluding carboxylic acids is 2. The first-order valence-electron chi connectivity index (χ1n) is 5.95. The summed E-state index contributed by atoms with van der Waals surface area (Å²) in [5, 5.41) is 13.2. The number of carbonyl (C=O) groups is 2. The number of nitrogens with one attached hydrogen (secondary N) is 1. The van der Waals surface area contributed by atoms with Gasteiger partial charge in [-0.3, -0.25) is 4.79 Å². The molecule has 0 bridgehead atoms. The van der Waals surface area contributed by atoms with Gasteiger partial charge in [-0.05, 0) is 12.1 Å². The highest BCUT2D eigenvalue weighted by molar-refractivity contribution is 7.14. The zero-order valence-electron chi connectivity index (χ0n) is 11.1. The average Bonchev–Trinajstić information content (AvgIpc) is 2.95. The number of aromatic nitrogens is 1. The average molecular weight is 301 g/mol. The van der Waals surface area contributed by atoms with Gasteiger partial charge in [-0.2, -0.15) is 5.26 Å². The van der Waals surface area contributed by atoms with Crippen molar-refractivity contribution in [1.29, 1.82) is 5.26 Å². The molecular formula is C14H11N3O3S. The number of esters is 1. The molecule has 0 atom stereocenters. The van der Waals surface area contributed by atoms with Crippen LogP contribution < -0.4 is 5.32 Å².